The number of carboxylic acids is 1. The van der Waals surface area contributed by atoms with Gasteiger partial charge in [-0.25, -0.2) is 0 Å². The van der Waals surface area contributed by atoms with Gasteiger partial charge in [0.25, 0.3) is 0 Å². The van der Waals surface area contributed by atoms with Gasteiger partial charge >= 0.3 is 10.8 Å². The first-order valence-electron chi connectivity index (χ1n) is 10.5. The van der Waals surface area contributed by atoms with Crippen molar-refractivity contribution in [2.24, 2.45) is 18.9 Å². The largest absolute Gasteiger partial charge is 0.493 e. The maximum absolute atomic E-state index is 12.0. The molecule has 0 radical (unpaired) electrons. The minimum Gasteiger partial charge on any atom is -0.493 e. The van der Waals surface area contributed by atoms with Crippen LogP contribution in [-0.2, 0) is 18.3 Å². The minimum absolute atomic E-state index is 0.0175. The highest BCUT2D eigenvalue weighted by molar-refractivity contribution is 7.16. The minimum atomic E-state index is -0.798. The van der Waals surface area contributed by atoms with Gasteiger partial charge in [-0.1, -0.05) is 43.2 Å². The van der Waals surface area contributed by atoms with Gasteiger partial charge in [-0.2, -0.15) is 0 Å². The number of aromatic nitrogens is 1. The van der Waals surface area contributed by atoms with E-state index in [-0.39, 0.29) is 4.87 Å². The molecule has 1 N–H and O–H groups in total. The number of aryl methyl sites for hydroxylation is 1. The Morgan fingerprint density at radius 1 is 1.23 bits per heavy atom. The molecule has 3 aromatic rings. The molecule has 0 aliphatic heterocycles. The van der Waals surface area contributed by atoms with Crippen LogP contribution in [0.25, 0.3) is 21.3 Å². The Bertz CT molecular complexity index is 1120. The van der Waals surface area contributed by atoms with Crippen LogP contribution < -0.4 is 9.61 Å². The van der Waals surface area contributed by atoms with Crippen molar-refractivity contribution in [3.8, 4) is 16.9 Å². The number of hydrogen-bond acceptors (Lipinski definition) is 4. The molecule has 158 valence electrons. The third kappa shape index (κ3) is 4.29. The van der Waals surface area contributed by atoms with Gasteiger partial charge in [-0.15, -0.1) is 0 Å². The summed E-state index contributed by atoms with van der Waals surface area (Å²) in [6.45, 7) is 2.43. The molecule has 1 fully saturated rings. The van der Waals surface area contributed by atoms with Gasteiger partial charge in [-0.05, 0) is 60.6 Å². The number of carboxylic acid groups (broad SMARTS) is 1. The van der Waals surface area contributed by atoms with Crippen LogP contribution in [0.1, 0.15) is 38.2 Å². The number of rotatable bonds is 7. The van der Waals surface area contributed by atoms with Gasteiger partial charge in [0.2, 0.25) is 0 Å². The zero-order valence-electron chi connectivity index (χ0n) is 17.4. The second-order valence-corrected chi connectivity index (χ2v) is 9.34. The molecule has 30 heavy (non-hydrogen) atoms. The highest BCUT2D eigenvalue weighted by Gasteiger charge is 2.18. The van der Waals surface area contributed by atoms with E-state index in [1.54, 1.807) is 18.5 Å². The van der Waals surface area contributed by atoms with Crippen LogP contribution in [0.5, 0.6) is 5.75 Å². The molecule has 0 spiro atoms. The Labute approximate surface area is 179 Å². The lowest BCUT2D eigenvalue weighted by Crippen LogP contribution is -2.12. The lowest BCUT2D eigenvalue weighted by atomic mass is 9.96. The number of aliphatic carboxylic acids is 1. The van der Waals surface area contributed by atoms with Gasteiger partial charge in [-0.3, -0.25) is 9.59 Å². The standard InChI is InChI=1S/C24H27NO4S/c1-15(23(26)27)11-17-7-10-21(29-14-16-5-3-4-6-16)19(12-17)18-8-9-20-22(13-18)30-24(28)25(20)2/h7-10,12-13,15-16H,3-6,11,14H2,1-2H3,(H,26,27). The van der Waals surface area contributed by atoms with Gasteiger partial charge in [0, 0.05) is 12.6 Å². The van der Waals surface area contributed by atoms with E-state index in [9.17, 15) is 14.7 Å². The van der Waals surface area contributed by atoms with E-state index in [0.717, 1.165) is 32.7 Å². The molecule has 1 saturated carbocycles. The fourth-order valence-electron chi connectivity index (χ4n) is 4.18. The summed E-state index contributed by atoms with van der Waals surface area (Å²) < 4.78 is 8.84. The van der Waals surface area contributed by atoms with Crippen LogP contribution in [0.4, 0.5) is 0 Å². The third-order valence-electron chi connectivity index (χ3n) is 6.06. The topological polar surface area (TPSA) is 68.5 Å². The molecule has 0 saturated heterocycles. The smallest absolute Gasteiger partial charge is 0.307 e. The Kier molecular flexibility index (Phi) is 5.95. The highest BCUT2D eigenvalue weighted by Crippen LogP contribution is 2.35. The molecule has 1 atom stereocenters. The number of carbonyl (C=O) groups is 1. The number of fused-ring (bicyclic) bond motifs is 1. The normalized spacial score (nSPS) is 15.5. The van der Waals surface area contributed by atoms with E-state index in [0.29, 0.717) is 18.9 Å². The second kappa shape index (κ2) is 8.64. The van der Waals surface area contributed by atoms with E-state index in [1.807, 2.05) is 36.4 Å². The predicted molar refractivity (Wildman–Crippen MR) is 120 cm³/mol. The van der Waals surface area contributed by atoms with E-state index >= 15 is 0 Å². The number of hydrogen-bond donors (Lipinski definition) is 1. The van der Waals surface area contributed by atoms with Crippen molar-refractivity contribution < 1.29 is 14.6 Å². The maximum Gasteiger partial charge on any atom is 0.307 e. The summed E-state index contributed by atoms with van der Waals surface area (Å²) in [6.07, 6.45) is 5.44. The Morgan fingerprint density at radius 3 is 2.73 bits per heavy atom. The molecule has 6 heteroatoms. The van der Waals surface area contributed by atoms with Crippen LogP contribution in [0, 0.1) is 11.8 Å². The van der Waals surface area contributed by atoms with Crippen molar-refractivity contribution in [1.82, 2.24) is 4.57 Å². The Balaban J connectivity index is 1.71. The number of nitrogens with zero attached hydrogens (tertiary/aromatic N) is 1. The summed E-state index contributed by atoms with van der Waals surface area (Å²) >= 11 is 1.23. The lowest BCUT2D eigenvalue weighted by molar-refractivity contribution is -0.141. The van der Waals surface area contributed by atoms with Crippen LogP contribution in [0.3, 0.4) is 0 Å². The molecule has 1 aliphatic carbocycles. The van der Waals surface area contributed by atoms with Gasteiger partial charge in [0.15, 0.2) is 0 Å². The Hall–Kier alpha value is -2.60. The molecule has 5 nitrogen and oxygen atoms in total. The van der Waals surface area contributed by atoms with Gasteiger partial charge < -0.3 is 14.4 Å². The van der Waals surface area contributed by atoms with Crippen molar-refractivity contribution in [3.05, 3.63) is 51.6 Å². The predicted octanol–water partition coefficient (Wildman–Crippen LogP) is 5.10. The molecule has 0 bridgehead atoms. The van der Waals surface area contributed by atoms with Crippen LogP contribution in [0.2, 0.25) is 0 Å². The number of ether oxygens (including phenoxy) is 1. The molecule has 4 rings (SSSR count). The SMILES string of the molecule is CC(Cc1ccc(OCC2CCCC2)c(-c2ccc3c(c2)sc(=O)n3C)c1)C(=O)O. The summed E-state index contributed by atoms with van der Waals surface area (Å²) in [7, 11) is 1.78. The number of benzene rings is 2. The average molecular weight is 426 g/mol. The molecular formula is C24H27NO4S. The molecule has 1 heterocycles. The van der Waals surface area contributed by atoms with Crippen molar-refractivity contribution in [2.75, 3.05) is 6.61 Å². The van der Waals surface area contributed by atoms with Crippen molar-refractivity contribution >= 4 is 27.5 Å². The molecule has 0 amide bonds. The number of thiazole rings is 1. The quantitative estimate of drug-likeness (QED) is 0.572. The molecule has 2 aromatic carbocycles. The molecule has 1 aromatic heterocycles. The lowest BCUT2D eigenvalue weighted by Gasteiger charge is -2.17. The fourth-order valence-corrected chi connectivity index (χ4v) is 5.10. The zero-order chi connectivity index (χ0) is 21.3. The summed E-state index contributed by atoms with van der Waals surface area (Å²) in [4.78, 5) is 23.4. The summed E-state index contributed by atoms with van der Waals surface area (Å²) in [5.74, 6) is 0.168. The van der Waals surface area contributed by atoms with Crippen LogP contribution >= 0.6 is 11.3 Å². The average Bonchev–Trinajstić information content (AvgIpc) is 3.34. The second-order valence-electron chi connectivity index (χ2n) is 8.34. The summed E-state index contributed by atoms with van der Waals surface area (Å²) in [5, 5.41) is 9.28. The van der Waals surface area contributed by atoms with Crippen LogP contribution in [-0.4, -0.2) is 22.2 Å². The van der Waals surface area contributed by atoms with Crippen molar-refractivity contribution in [2.45, 2.75) is 39.0 Å². The monoisotopic (exact) mass is 425 g/mol. The van der Waals surface area contributed by atoms with Crippen LogP contribution in [0.15, 0.2) is 41.2 Å². The first-order valence-corrected chi connectivity index (χ1v) is 11.3. The summed E-state index contributed by atoms with van der Waals surface area (Å²) in [6, 6.07) is 12.0. The molecule has 1 aliphatic rings. The maximum atomic E-state index is 12.0. The van der Waals surface area contributed by atoms with E-state index < -0.39 is 11.9 Å². The fraction of sp³-hybridized carbons (Fsp3) is 0.417. The molecule has 1 unspecified atom stereocenters. The summed E-state index contributed by atoms with van der Waals surface area (Å²) in [5.41, 5.74) is 3.82. The highest BCUT2D eigenvalue weighted by atomic mass is 32.1. The third-order valence-corrected chi connectivity index (χ3v) is 7.06. The van der Waals surface area contributed by atoms with E-state index in [4.69, 9.17) is 4.74 Å². The molecular weight excluding hydrogens is 398 g/mol. The Morgan fingerprint density at radius 2 is 2.00 bits per heavy atom. The zero-order valence-corrected chi connectivity index (χ0v) is 18.2. The van der Waals surface area contributed by atoms with Gasteiger partial charge in [0.1, 0.15) is 5.75 Å². The van der Waals surface area contributed by atoms with Gasteiger partial charge in [0.05, 0.1) is 22.7 Å². The first kappa shape index (κ1) is 20.7. The van der Waals surface area contributed by atoms with Crippen molar-refractivity contribution in [1.29, 1.82) is 0 Å². The van der Waals surface area contributed by atoms with Crippen molar-refractivity contribution in [3.63, 3.8) is 0 Å². The first-order chi connectivity index (χ1) is 14.4. The van der Waals surface area contributed by atoms with E-state index in [1.165, 1.54) is 37.0 Å². The van der Waals surface area contributed by atoms with E-state index in [2.05, 4.69) is 0 Å².